The second-order valence-corrected chi connectivity index (χ2v) is 4.64. The summed E-state index contributed by atoms with van der Waals surface area (Å²) in [5.74, 6) is -2.37. The fraction of sp³-hybridized carbons (Fsp3) is 0.636. The van der Waals surface area contributed by atoms with Crippen LogP contribution in [0.25, 0.3) is 0 Å². The van der Waals surface area contributed by atoms with E-state index in [1.54, 1.807) is 0 Å². The van der Waals surface area contributed by atoms with Gasteiger partial charge in [-0.3, -0.25) is 24.6 Å². The third-order valence-corrected chi connectivity index (χ3v) is 2.51. The van der Waals surface area contributed by atoms with E-state index in [-0.39, 0.29) is 12.5 Å². The molecule has 1 unspecified atom stereocenters. The average molecular weight is 255 g/mol. The summed E-state index contributed by atoms with van der Waals surface area (Å²) >= 11 is 0. The Hall–Kier alpha value is -1.92. The number of barbiturate groups is 1. The molecule has 1 saturated heterocycles. The van der Waals surface area contributed by atoms with Crippen molar-refractivity contribution >= 4 is 23.8 Å². The Morgan fingerprint density at radius 1 is 1.39 bits per heavy atom. The first-order chi connectivity index (χ1) is 8.32. The lowest BCUT2D eigenvalue weighted by molar-refractivity contribution is -0.144. The summed E-state index contributed by atoms with van der Waals surface area (Å²) in [5, 5.41) is 4.63. The Kier molecular flexibility index (Phi) is 4.41. The maximum atomic E-state index is 11.7. The minimum atomic E-state index is -0.944. The number of imide groups is 2. The molecule has 0 aromatic carbocycles. The molecule has 18 heavy (non-hydrogen) atoms. The first kappa shape index (κ1) is 14.1. The number of carbonyl (C=O) groups is 4. The summed E-state index contributed by atoms with van der Waals surface area (Å²) in [4.78, 5) is 46.6. The number of nitrogens with one attached hydrogen (secondary N) is 2. The van der Waals surface area contributed by atoms with Gasteiger partial charge >= 0.3 is 6.03 Å². The Labute approximate surface area is 105 Å². The summed E-state index contributed by atoms with van der Waals surface area (Å²) in [6, 6.07) is -0.845. The molecule has 0 radical (unpaired) electrons. The molecule has 100 valence electrons. The highest BCUT2D eigenvalue weighted by atomic mass is 16.2. The van der Waals surface area contributed by atoms with Crippen molar-refractivity contribution in [2.45, 2.75) is 20.8 Å². The van der Waals surface area contributed by atoms with Gasteiger partial charge in [0.05, 0.1) is 0 Å². The smallest absolute Gasteiger partial charge is 0.331 e. The summed E-state index contributed by atoms with van der Waals surface area (Å²) in [7, 11) is 0. The van der Waals surface area contributed by atoms with Gasteiger partial charge in [0.15, 0.2) is 0 Å². The molecule has 7 nitrogen and oxygen atoms in total. The molecule has 1 aliphatic rings. The number of hydrogen-bond donors (Lipinski definition) is 2. The van der Waals surface area contributed by atoms with Gasteiger partial charge in [-0.05, 0) is 12.8 Å². The van der Waals surface area contributed by atoms with Crippen molar-refractivity contribution in [2.24, 2.45) is 11.8 Å². The number of nitrogens with zero attached hydrogens (tertiary/aromatic N) is 1. The minimum Gasteiger partial charge on any atom is -0.354 e. The van der Waals surface area contributed by atoms with Crippen LogP contribution in [0.4, 0.5) is 4.79 Å². The average Bonchev–Trinajstić information content (AvgIpc) is 2.29. The zero-order valence-corrected chi connectivity index (χ0v) is 10.6. The first-order valence-corrected chi connectivity index (χ1v) is 5.75. The van der Waals surface area contributed by atoms with Crippen molar-refractivity contribution in [3.63, 3.8) is 0 Å². The lowest BCUT2D eigenvalue weighted by atomic mass is 10.1. The molecule has 0 saturated carbocycles. The molecule has 5 amide bonds. The van der Waals surface area contributed by atoms with Gasteiger partial charge in [-0.15, -0.1) is 0 Å². The molecule has 2 N–H and O–H groups in total. The van der Waals surface area contributed by atoms with Crippen LogP contribution in [-0.2, 0) is 14.4 Å². The van der Waals surface area contributed by atoms with E-state index >= 15 is 0 Å². The molecular formula is C11H17N3O4. The molecule has 0 spiro atoms. The number of rotatable bonds is 4. The van der Waals surface area contributed by atoms with Crippen LogP contribution < -0.4 is 10.6 Å². The fourth-order valence-corrected chi connectivity index (χ4v) is 1.39. The van der Waals surface area contributed by atoms with E-state index in [0.717, 1.165) is 4.90 Å². The zero-order valence-electron chi connectivity index (χ0n) is 10.6. The van der Waals surface area contributed by atoms with Crippen LogP contribution in [0.1, 0.15) is 20.8 Å². The van der Waals surface area contributed by atoms with E-state index in [4.69, 9.17) is 0 Å². The van der Waals surface area contributed by atoms with Crippen molar-refractivity contribution in [1.82, 2.24) is 15.5 Å². The number of amides is 5. The molecule has 1 heterocycles. The predicted molar refractivity (Wildman–Crippen MR) is 62.3 cm³/mol. The number of hydrogen-bond acceptors (Lipinski definition) is 4. The van der Waals surface area contributed by atoms with E-state index in [1.165, 1.54) is 6.92 Å². The lowest BCUT2D eigenvalue weighted by Gasteiger charge is -2.27. The van der Waals surface area contributed by atoms with Crippen LogP contribution in [0.5, 0.6) is 0 Å². The highest BCUT2D eigenvalue weighted by molar-refractivity contribution is 6.16. The molecule has 1 atom stereocenters. The monoisotopic (exact) mass is 255 g/mol. The van der Waals surface area contributed by atoms with Crippen LogP contribution in [0.2, 0.25) is 0 Å². The standard InChI is InChI=1S/C11H17N3O4/c1-6(2)4-12-8(15)5-14-10(17)7(3)9(16)13-11(14)18/h6-7H,4-5H2,1-3H3,(H,12,15)(H,13,16,18). The van der Waals surface area contributed by atoms with Crippen molar-refractivity contribution in [3.8, 4) is 0 Å². The van der Waals surface area contributed by atoms with E-state index < -0.39 is 29.7 Å². The maximum Gasteiger partial charge on any atom is 0.331 e. The Balaban J connectivity index is 2.60. The van der Waals surface area contributed by atoms with Crippen molar-refractivity contribution < 1.29 is 19.2 Å². The van der Waals surface area contributed by atoms with Crippen LogP contribution in [0, 0.1) is 11.8 Å². The summed E-state index contributed by atoms with van der Waals surface area (Å²) < 4.78 is 0. The van der Waals surface area contributed by atoms with Crippen LogP contribution >= 0.6 is 0 Å². The molecule has 0 aliphatic carbocycles. The topological polar surface area (TPSA) is 95.6 Å². The molecule has 0 aromatic heterocycles. The van der Waals surface area contributed by atoms with Crippen molar-refractivity contribution in [1.29, 1.82) is 0 Å². The van der Waals surface area contributed by atoms with Gasteiger partial charge in [0, 0.05) is 6.54 Å². The van der Waals surface area contributed by atoms with E-state index in [9.17, 15) is 19.2 Å². The van der Waals surface area contributed by atoms with Gasteiger partial charge in [0.1, 0.15) is 12.5 Å². The van der Waals surface area contributed by atoms with E-state index in [1.807, 2.05) is 19.2 Å². The van der Waals surface area contributed by atoms with Gasteiger partial charge in [0.2, 0.25) is 17.7 Å². The van der Waals surface area contributed by atoms with Crippen LogP contribution in [0.3, 0.4) is 0 Å². The van der Waals surface area contributed by atoms with Gasteiger partial charge in [0.25, 0.3) is 0 Å². The molecule has 0 bridgehead atoms. The normalized spacial score (nSPS) is 20.1. The lowest BCUT2D eigenvalue weighted by Crippen LogP contribution is -2.59. The van der Waals surface area contributed by atoms with Gasteiger partial charge in [-0.1, -0.05) is 13.8 Å². The van der Waals surface area contributed by atoms with Gasteiger partial charge in [-0.2, -0.15) is 0 Å². The molecular weight excluding hydrogens is 238 g/mol. The van der Waals surface area contributed by atoms with E-state index in [0.29, 0.717) is 6.54 Å². The summed E-state index contributed by atoms with van der Waals surface area (Å²) in [5.41, 5.74) is 0. The highest BCUT2D eigenvalue weighted by Gasteiger charge is 2.38. The predicted octanol–water partition coefficient (Wildman–Crippen LogP) is -0.527. The first-order valence-electron chi connectivity index (χ1n) is 5.75. The third kappa shape index (κ3) is 3.28. The van der Waals surface area contributed by atoms with Crippen molar-refractivity contribution in [2.75, 3.05) is 13.1 Å². The second-order valence-electron chi connectivity index (χ2n) is 4.64. The van der Waals surface area contributed by atoms with Gasteiger partial charge in [-0.25, -0.2) is 4.79 Å². The largest absolute Gasteiger partial charge is 0.354 e. The zero-order chi connectivity index (χ0) is 13.9. The Bertz CT molecular complexity index is 392. The summed E-state index contributed by atoms with van der Waals surface area (Å²) in [6.07, 6.45) is 0. The van der Waals surface area contributed by atoms with Crippen molar-refractivity contribution in [3.05, 3.63) is 0 Å². The van der Waals surface area contributed by atoms with Crippen LogP contribution in [-0.4, -0.2) is 41.7 Å². The fourth-order valence-electron chi connectivity index (χ4n) is 1.39. The molecule has 7 heteroatoms. The maximum absolute atomic E-state index is 11.7. The number of urea groups is 1. The molecule has 1 aliphatic heterocycles. The minimum absolute atomic E-state index is 0.278. The van der Waals surface area contributed by atoms with E-state index in [2.05, 4.69) is 5.32 Å². The Morgan fingerprint density at radius 2 is 2.00 bits per heavy atom. The van der Waals surface area contributed by atoms with Crippen LogP contribution in [0.15, 0.2) is 0 Å². The third-order valence-electron chi connectivity index (χ3n) is 2.51. The SMILES string of the molecule is CC(C)CNC(=O)CN1C(=O)NC(=O)C(C)C1=O. The molecule has 1 fully saturated rings. The molecule has 1 rings (SSSR count). The van der Waals surface area contributed by atoms with Gasteiger partial charge < -0.3 is 5.32 Å². The summed E-state index contributed by atoms with van der Waals surface area (Å²) in [6.45, 7) is 5.36. The second kappa shape index (κ2) is 5.61. The number of carbonyl (C=O) groups excluding carboxylic acids is 4. The molecule has 0 aromatic rings. The quantitative estimate of drug-likeness (QED) is 0.660. The Morgan fingerprint density at radius 3 is 2.56 bits per heavy atom. The highest BCUT2D eigenvalue weighted by Crippen LogP contribution is 2.09.